The zero-order valence-corrected chi connectivity index (χ0v) is 11.4. The minimum absolute atomic E-state index is 0.0483. The number of nitrogens with zero attached hydrogens (tertiary/aromatic N) is 1. The minimum atomic E-state index is -0.296. The molecule has 4 nitrogen and oxygen atoms in total. The summed E-state index contributed by atoms with van der Waals surface area (Å²) >= 11 is 0. The third-order valence-corrected chi connectivity index (χ3v) is 3.26. The topological polar surface area (TPSA) is 49.4 Å². The first kappa shape index (κ1) is 13.6. The zero-order chi connectivity index (χ0) is 13.8. The van der Waals surface area contributed by atoms with E-state index in [9.17, 15) is 9.59 Å². The molecule has 2 rings (SSSR count). The van der Waals surface area contributed by atoms with Gasteiger partial charge in [-0.2, -0.15) is 0 Å². The van der Waals surface area contributed by atoms with Gasteiger partial charge in [0.25, 0.3) is 0 Å². The number of carbonyl (C=O) groups is 2. The van der Waals surface area contributed by atoms with Gasteiger partial charge < -0.3 is 4.90 Å². The molecule has 19 heavy (non-hydrogen) atoms. The van der Waals surface area contributed by atoms with Gasteiger partial charge in [0.05, 0.1) is 0 Å². The fourth-order valence-electron chi connectivity index (χ4n) is 1.89. The van der Waals surface area contributed by atoms with Crippen molar-refractivity contribution < 1.29 is 9.59 Å². The smallest absolute Gasteiger partial charge is 0.318 e. The monoisotopic (exact) mass is 260 g/mol. The van der Waals surface area contributed by atoms with Gasteiger partial charge in [-0.15, -0.1) is 0 Å². The predicted octanol–water partition coefficient (Wildman–Crippen LogP) is 2.54. The second-order valence-corrected chi connectivity index (χ2v) is 5.28. The van der Waals surface area contributed by atoms with Crippen LogP contribution in [0.4, 0.5) is 4.79 Å². The van der Waals surface area contributed by atoms with Crippen molar-refractivity contribution in [3.05, 3.63) is 35.9 Å². The van der Waals surface area contributed by atoms with E-state index in [2.05, 4.69) is 5.32 Å². The van der Waals surface area contributed by atoms with E-state index in [0.717, 1.165) is 18.4 Å². The Hall–Kier alpha value is -1.84. The molecule has 1 aromatic carbocycles. The molecule has 1 aromatic rings. The first-order chi connectivity index (χ1) is 9.08. The maximum absolute atomic E-state index is 12.1. The lowest BCUT2D eigenvalue weighted by molar-refractivity contribution is -0.121. The molecule has 0 saturated heterocycles. The summed E-state index contributed by atoms with van der Waals surface area (Å²) in [5.41, 5.74) is 1.06. The number of carbonyl (C=O) groups excluding carboxylic acids is 2. The highest BCUT2D eigenvalue weighted by Crippen LogP contribution is 2.28. The highest BCUT2D eigenvalue weighted by molar-refractivity contribution is 5.96. The molecule has 0 aromatic heterocycles. The van der Waals surface area contributed by atoms with Crippen LogP contribution in [-0.2, 0) is 11.3 Å². The average molecular weight is 260 g/mol. The Labute approximate surface area is 113 Å². The number of amides is 3. The molecule has 102 valence electrons. The van der Waals surface area contributed by atoms with Crippen LogP contribution < -0.4 is 5.32 Å². The molecule has 0 atom stereocenters. The standard InChI is InChI=1S/C15H20N2O2/c1-11(2)17(10-12-6-4-3-5-7-12)15(19)16-14(18)13-8-9-13/h3-7,11,13H,8-10H2,1-2H3,(H,16,18,19). The lowest BCUT2D eigenvalue weighted by atomic mass is 10.2. The molecule has 1 aliphatic rings. The molecule has 0 radical (unpaired) electrons. The Balaban J connectivity index is 1.98. The summed E-state index contributed by atoms with van der Waals surface area (Å²) in [5, 5.41) is 2.49. The Morgan fingerprint density at radius 3 is 2.42 bits per heavy atom. The number of nitrogens with one attached hydrogen (secondary N) is 1. The van der Waals surface area contributed by atoms with Crippen molar-refractivity contribution in [3.8, 4) is 0 Å². The third-order valence-electron chi connectivity index (χ3n) is 3.26. The Kier molecular flexibility index (Phi) is 4.20. The van der Waals surface area contributed by atoms with Gasteiger partial charge in [0, 0.05) is 18.5 Å². The van der Waals surface area contributed by atoms with Crippen molar-refractivity contribution in [2.75, 3.05) is 0 Å². The summed E-state index contributed by atoms with van der Waals surface area (Å²) in [6, 6.07) is 9.54. The minimum Gasteiger partial charge on any atom is -0.318 e. The van der Waals surface area contributed by atoms with Crippen molar-refractivity contribution >= 4 is 11.9 Å². The van der Waals surface area contributed by atoms with Crippen LogP contribution >= 0.6 is 0 Å². The summed E-state index contributed by atoms with van der Waals surface area (Å²) in [6.45, 7) is 4.41. The zero-order valence-electron chi connectivity index (χ0n) is 11.4. The summed E-state index contributed by atoms with van der Waals surface area (Å²) in [4.78, 5) is 25.4. The summed E-state index contributed by atoms with van der Waals surface area (Å²) in [6.07, 6.45) is 1.80. The molecule has 0 bridgehead atoms. The largest absolute Gasteiger partial charge is 0.324 e. The van der Waals surface area contributed by atoms with Gasteiger partial charge in [-0.05, 0) is 32.3 Å². The van der Waals surface area contributed by atoms with Gasteiger partial charge in [-0.1, -0.05) is 30.3 Å². The van der Waals surface area contributed by atoms with Crippen molar-refractivity contribution in [2.45, 2.75) is 39.3 Å². The third kappa shape index (κ3) is 3.81. The van der Waals surface area contributed by atoms with Crippen molar-refractivity contribution in [3.63, 3.8) is 0 Å². The van der Waals surface area contributed by atoms with E-state index in [4.69, 9.17) is 0 Å². The maximum Gasteiger partial charge on any atom is 0.324 e. The number of rotatable bonds is 4. The second-order valence-electron chi connectivity index (χ2n) is 5.28. The lowest BCUT2D eigenvalue weighted by Crippen LogP contribution is -2.46. The van der Waals surface area contributed by atoms with Crippen LogP contribution in [0.2, 0.25) is 0 Å². The molecule has 0 heterocycles. The Morgan fingerprint density at radius 1 is 1.26 bits per heavy atom. The van der Waals surface area contributed by atoms with Gasteiger partial charge in [0.2, 0.25) is 5.91 Å². The average Bonchev–Trinajstić information content (AvgIpc) is 3.20. The van der Waals surface area contributed by atoms with Gasteiger partial charge in [-0.25, -0.2) is 4.79 Å². The van der Waals surface area contributed by atoms with E-state index >= 15 is 0 Å². The van der Waals surface area contributed by atoms with Crippen LogP contribution in [0.25, 0.3) is 0 Å². The molecule has 1 aliphatic carbocycles. The fraction of sp³-hybridized carbons (Fsp3) is 0.467. The number of urea groups is 1. The normalized spacial score (nSPS) is 14.3. The SMILES string of the molecule is CC(C)N(Cc1ccccc1)C(=O)NC(=O)C1CC1. The quantitative estimate of drug-likeness (QED) is 0.904. The lowest BCUT2D eigenvalue weighted by Gasteiger charge is -2.26. The molecule has 0 unspecified atom stereocenters. The summed E-state index contributed by atoms with van der Waals surface area (Å²) in [7, 11) is 0. The van der Waals surface area contributed by atoms with Gasteiger partial charge in [0.1, 0.15) is 0 Å². The van der Waals surface area contributed by atoms with E-state index in [0.29, 0.717) is 6.54 Å². The molecular weight excluding hydrogens is 240 g/mol. The second kappa shape index (κ2) is 5.87. The van der Waals surface area contributed by atoms with E-state index in [1.165, 1.54) is 0 Å². The molecule has 1 fully saturated rings. The molecular formula is C15H20N2O2. The van der Waals surface area contributed by atoms with E-state index in [1.807, 2.05) is 44.2 Å². The highest BCUT2D eigenvalue weighted by atomic mass is 16.2. The molecule has 1 N–H and O–H groups in total. The molecule has 4 heteroatoms. The fourth-order valence-corrected chi connectivity index (χ4v) is 1.89. The molecule has 3 amide bonds. The molecule has 1 saturated carbocycles. The van der Waals surface area contributed by atoms with Crippen molar-refractivity contribution in [1.82, 2.24) is 10.2 Å². The maximum atomic E-state index is 12.1. The first-order valence-corrected chi connectivity index (χ1v) is 6.73. The van der Waals surface area contributed by atoms with Crippen molar-refractivity contribution in [1.29, 1.82) is 0 Å². The van der Waals surface area contributed by atoms with Crippen LogP contribution in [0.15, 0.2) is 30.3 Å². The van der Waals surface area contributed by atoms with E-state index < -0.39 is 0 Å². The Bertz CT molecular complexity index is 452. The van der Waals surface area contributed by atoms with Crippen LogP contribution in [0.5, 0.6) is 0 Å². The van der Waals surface area contributed by atoms with Gasteiger partial charge in [0.15, 0.2) is 0 Å². The number of benzene rings is 1. The summed E-state index contributed by atoms with van der Waals surface area (Å²) in [5.74, 6) is -0.0848. The first-order valence-electron chi connectivity index (χ1n) is 6.73. The summed E-state index contributed by atoms with van der Waals surface area (Å²) < 4.78 is 0. The highest BCUT2D eigenvalue weighted by Gasteiger charge is 2.32. The van der Waals surface area contributed by atoms with Crippen LogP contribution in [0.3, 0.4) is 0 Å². The number of imide groups is 1. The van der Waals surface area contributed by atoms with Crippen LogP contribution in [0, 0.1) is 5.92 Å². The van der Waals surface area contributed by atoms with Gasteiger partial charge in [-0.3, -0.25) is 10.1 Å². The molecule has 0 spiro atoms. The van der Waals surface area contributed by atoms with Crippen molar-refractivity contribution in [2.24, 2.45) is 5.92 Å². The van der Waals surface area contributed by atoms with E-state index in [1.54, 1.807) is 4.90 Å². The number of hydrogen-bond donors (Lipinski definition) is 1. The van der Waals surface area contributed by atoms with Crippen LogP contribution in [-0.4, -0.2) is 22.9 Å². The molecule has 0 aliphatic heterocycles. The Morgan fingerprint density at radius 2 is 1.89 bits per heavy atom. The van der Waals surface area contributed by atoms with Crippen LogP contribution in [0.1, 0.15) is 32.3 Å². The van der Waals surface area contributed by atoms with E-state index in [-0.39, 0.29) is 23.9 Å². The van der Waals surface area contributed by atoms with Gasteiger partial charge >= 0.3 is 6.03 Å². The number of hydrogen-bond acceptors (Lipinski definition) is 2. The predicted molar refractivity (Wildman–Crippen MR) is 73.4 cm³/mol.